The van der Waals surface area contributed by atoms with Crippen LogP contribution in [0.4, 0.5) is 0 Å². The number of para-hydroxylation sites is 1. The van der Waals surface area contributed by atoms with E-state index in [1.165, 1.54) is 20.3 Å². The van der Waals surface area contributed by atoms with E-state index in [4.69, 9.17) is 9.84 Å². The Kier molecular flexibility index (Phi) is 6.19. The summed E-state index contributed by atoms with van der Waals surface area (Å²) < 4.78 is 9.48. The minimum Gasteiger partial charge on any atom is -0.496 e. The first kappa shape index (κ1) is 16.5. The lowest BCUT2D eigenvalue weighted by Crippen LogP contribution is -2.41. The van der Waals surface area contributed by atoms with Crippen LogP contribution >= 0.6 is 0 Å². The summed E-state index contributed by atoms with van der Waals surface area (Å²) in [5.41, 5.74) is 0.226. The van der Waals surface area contributed by atoms with Gasteiger partial charge in [-0.3, -0.25) is 9.59 Å². The van der Waals surface area contributed by atoms with Gasteiger partial charge in [-0.25, -0.2) is 4.79 Å². The Labute approximate surface area is 121 Å². The summed E-state index contributed by atoms with van der Waals surface area (Å²) in [4.78, 5) is 34.3. The number of rotatable bonds is 7. The fourth-order valence-electron chi connectivity index (χ4n) is 1.69. The highest BCUT2D eigenvalue weighted by Gasteiger charge is 2.23. The van der Waals surface area contributed by atoms with Crippen LogP contribution in [0.25, 0.3) is 0 Å². The van der Waals surface area contributed by atoms with Crippen molar-refractivity contribution >= 4 is 17.8 Å². The third-order valence-electron chi connectivity index (χ3n) is 2.82. The molecular formula is C14H17NO6. The predicted molar refractivity (Wildman–Crippen MR) is 73.1 cm³/mol. The average Bonchev–Trinajstić information content (AvgIpc) is 2.50. The van der Waals surface area contributed by atoms with Gasteiger partial charge in [0.25, 0.3) is 5.91 Å². The lowest BCUT2D eigenvalue weighted by atomic mass is 10.1. The van der Waals surface area contributed by atoms with Crippen molar-refractivity contribution < 1.29 is 29.0 Å². The van der Waals surface area contributed by atoms with Crippen LogP contribution in [0.3, 0.4) is 0 Å². The van der Waals surface area contributed by atoms with E-state index < -0.39 is 23.9 Å². The average molecular weight is 295 g/mol. The summed E-state index contributed by atoms with van der Waals surface area (Å²) in [5, 5.41) is 11.4. The summed E-state index contributed by atoms with van der Waals surface area (Å²) >= 11 is 0. The number of hydrogen-bond donors (Lipinski definition) is 2. The van der Waals surface area contributed by atoms with Gasteiger partial charge in [0.1, 0.15) is 11.8 Å². The normalized spacial score (nSPS) is 11.3. The number of amides is 1. The Morgan fingerprint density at radius 1 is 1.24 bits per heavy atom. The standard InChI is InChI=1S/C14H17NO6/c1-20-11-6-4-3-5-9(11)13(17)15-10(14(18)19)7-8-12(16)21-2/h3-6,10H,7-8H2,1-2H3,(H,15,17)(H,18,19)/t10-/m0/s1. The number of nitrogens with one attached hydrogen (secondary N) is 1. The second-order valence-electron chi connectivity index (χ2n) is 4.18. The molecule has 7 heteroatoms. The third kappa shape index (κ3) is 4.79. The molecule has 0 spiro atoms. The van der Waals surface area contributed by atoms with E-state index in [1.807, 2.05) is 0 Å². The molecule has 7 nitrogen and oxygen atoms in total. The van der Waals surface area contributed by atoms with E-state index >= 15 is 0 Å². The number of carboxylic acids is 1. The highest BCUT2D eigenvalue weighted by Crippen LogP contribution is 2.17. The van der Waals surface area contributed by atoms with Crippen LogP contribution in [0.5, 0.6) is 5.75 Å². The highest BCUT2D eigenvalue weighted by atomic mass is 16.5. The quantitative estimate of drug-likeness (QED) is 0.722. The maximum Gasteiger partial charge on any atom is 0.326 e. The molecule has 1 aromatic rings. The number of carboxylic acid groups (broad SMARTS) is 1. The molecule has 1 aromatic carbocycles. The second-order valence-corrected chi connectivity index (χ2v) is 4.18. The largest absolute Gasteiger partial charge is 0.496 e. The molecule has 0 bridgehead atoms. The van der Waals surface area contributed by atoms with Crippen LogP contribution < -0.4 is 10.1 Å². The molecule has 0 saturated heterocycles. The first-order valence-electron chi connectivity index (χ1n) is 6.23. The van der Waals surface area contributed by atoms with Crippen LogP contribution in [-0.2, 0) is 14.3 Å². The Balaban J connectivity index is 2.76. The van der Waals surface area contributed by atoms with Crippen LogP contribution in [0, 0.1) is 0 Å². The van der Waals surface area contributed by atoms with Gasteiger partial charge in [0.2, 0.25) is 0 Å². The Hall–Kier alpha value is -2.57. The van der Waals surface area contributed by atoms with Gasteiger partial charge in [-0.1, -0.05) is 12.1 Å². The Bertz CT molecular complexity index is 528. The zero-order chi connectivity index (χ0) is 15.8. The summed E-state index contributed by atoms with van der Waals surface area (Å²) in [7, 11) is 2.63. The predicted octanol–water partition coefficient (Wildman–Crippen LogP) is 0.831. The van der Waals surface area contributed by atoms with Crippen LogP contribution in [-0.4, -0.2) is 43.2 Å². The molecule has 0 unspecified atom stereocenters. The number of carbonyl (C=O) groups excluding carboxylic acids is 2. The number of esters is 1. The molecule has 1 amide bonds. The van der Waals surface area contributed by atoms with Crippen molar-refractivity contribution in [2.45, 2.75) is 18.9 Å². The van der Waals surface area contributed by atoms with Gasteiger partial charge in [0.05, 0.1) is 19.8 Å². The highest BCUT2D eigenvalue weighted by molar-refractivity contribution is 5.99. The molecule has 2 N–H and O–H groups in total. The Morgan fingerprint density at radius 3 is 2.48 bits per heavy atom. The molecule has 1 rings (SSSR count). The van der Waals surface area contributed by atoms with E-state index in [2.05, 4.69) is 10.1 Å². The van der Waals surface area contributed by atoms with E-state index in [-0.39, 0.29) is 18.4 Å². The van der Waals surface area contributed by atoms with Gasteiger partial charge in [0.15, 0.2) is 0 Å². The Morgan fingerprint density at radius 2 is 1.90 bits per heavy atom. The maximum atomic E-state index is 12.1. The van der Waals surface area contributed by atoms with Crippen LogP contribution in [0.15, 0.2) is 24.3 Å². The number of ether oxygens (including phenoxy) is 2. The minimum absolute atomic E-state index is 0.0527. The van der Waals surface area contributed by atoms with Gasteiger partial charge in [-0.05, 0) is 18.6 Å². The molecule has 0 aliphatic carbocycles. The molecule has 0 fully saturated rings. The fraction of sp³-hybridized carbons (Fsp3) is 0.357. The SMILES string of the molecule is COC(=O)CC[C@H](NC(=O)c1ccccc1OC)C(=O)O. The molecule has 0 radical (unpaired) electrons. The summed E-state index contributed by atoms with van der Waals surface area (Å²) in [6.45, 7) is 0. The van der Waals surface area contributed by atoms with Gasteiger partial charge in [-0.2, -0.15) is 0 Å². The van der Waals surface area contributed by atoms with Crippen LogP contribution in [0.2, 0.25) is 0 Å². The number of carbonyl (C=O) groups is 3. The minimum atomic E-state index is -1.22. The van der Waals surface area contributed by atoms with Crippen molar-refractivity contribution in [1.82, 2.24) is 5.32 Å². The molecule has 0 aliphatic rings. The monoisotopic (exact) mass is 295 g/mol. The molecule has 0 heterocycles. The second kappa shape index (κ2) is 7.88. The number of aliphatic carboxylic acids is 1. The number of methoxy groups -OCH3 is 2. The number of benzene rings is 1. The topological polar surface area (TPSA) is 102 Å². The molecule has 0 saturated carbocycles. The van der Waals surface area contributed by atoms with Gasteiger partial charge in [0, 0.05) is 6.42 Å². The summed E-state index contributed by atoms with van der Waals surface area (Å²) in [6, 6.07) is 5.27. The van der Waals surface area contributed by atoms with E-state index in [9.17, 15) is 14.4 Å². The zero-order valence-corrected chi connectivity index (χ0v) is 11.8. The summed E-state index contributed by atoms with van der Waals surface area (Å²) in [5.74, 6) is -1.99. The molecular weight excluding hydrogens is 278 g/mol. The van der Waals surface area contributed by atoms with Gasteiger partial charge < -0.3 is 19.9 Å². The molecule has 0 aromatic heterocycles. The molecule has 114 valence electrons. The van der Waals surface area contributed by atoms with Gasteiger partial charge in [-0.15, -0.1) is 0 Å². The van der Waals surface area contributed by atoms with Crippen molar-refractivity contribution in [2.24, 2.45) is 0 Å². The molecule has 0 aliphatic heterocycles. The van der Waals surface area contributed by atoms with Crippen molar-refractivity contribution in [3.8, 4) is 5.75 Å². The fourth-order valence-corrected chi connectivity index (χ4v) is 1.69. The smallest absolute Gasteiger partial charge is 0.326 e. The maximum absolute atomic E-state index is 12.1. The lowest BCUT2D eigenvalue weighted by Gasteiger charge is -2.15. The summed E-state index contributed by atoms with van der Waals surface area (Å²) in [6.07, 6.45) is -0.150. The van der Waals surface area contributed by atoms with E-state index in [1.54, 1.807) is 18.2 Å². The van der Waals surface area contributed by atoms with Crippen molar-refractivity contribution in [2.75, 3.05) is 14.2 Å². The first-order valence-corrected chi connectivity index (χ1v) is 6.23. The lowest BCUT2D eigenvalue weighted by molar-refractivity contribution is -0.142. The van der Waals surface area contributed by atoms with Crippen molar-refractivity contribution in [3.63, 3.8) is 0 Å². The van der Waals surface area contributed by atoms with E-state index in [0.29, 0.717) is 5.75 Å². The van der Waals surface area contributed by atoms with Crippen molar-refractivity contribution in [1.29, 1.82) is 0 Å². The molecule has 21 heavy (non-hydrogen) atoms. The zero-order valence-electron chi connectivity index (χ0n) is 11.8. The molecule has 1 atom stereocenters. The van der Waals surface area contributed by atoms with Crippen LogP contribution in [0.1, 0.15) is 23.2 Å². The first-order chi connectivity index (χ1) is 9.99. The van der Waals surface area contributed by atoms with E-state index in [0.717, 1.165) is 0 Å². The number of hydrogen-bond acceptors (Lipinski definition) is 5. The third-order valence-corrected chi connectivity index (χ3v) is 2.82. The van der Waals surface area contributed by atoms with Gasteiger partial charge >= 0.3 is 11.9 Å². The van der Waals surface area contributed by atoms with Crippen molar-refractivity contribution in [3.05, 3.63) is 29.8 Å².